The number of rotatable bonds is 7. The quantitative estimate of drug-likeness (QED) is 0.702. The average Bonchev–Trinajstić information content (AvgIpc) is 2.59. The summed E-state index contributed by atoms with van der Waals surface area (Å²) in [5.41, 5.74) is -0.0726. The number of hydrogen-bond acceptors (Lipinski definition) is 5. The highest BCUT2D eigenvalue weighted by atomic mass is 32.2. The van der Waals surface area contributed by atoms with Gasteiger partial charge in [-0.25, -0.2) is 17.6 Å². The zero-order valence-corrected chi connectivity index (χ0v) is 15.5. The summed E-state index contributed by atoms with van der Waals surface area (Å²) in [5.74, 6) is -1.90. The van der Waals surface area contributed by atoms with Crippen molar-refractivity contribution in [2.45, 2.75) is 24.8 Å². The molecule has 0 aliphatic rings. The van der Waals surface area contributed by atoms with Gasteiger partial charge in [0.1, 0.15) is 5.82 Å². The van der Waals surface area contributed by atoms with E-state index in [4.69, 9.17) is 4.74 Å². The van der Waals surface area contributed by atoms with E-state index < -0.39 is 34.3 Å². The molecule has 0 aliphatic carbocycles. The summed E-state index contributed by atoms with van der Waals surface area (Å²) < 4.78 is 45.0. The van der Waals surface area contributed by atoms with Crippen LogP contribution in [0.4, 0.5) is 10.1 Å². The van der Waals surface area contributed by atoms with Crippen LogP contribution in [0.3, 0.4) is 0 Å². The van der Waals surface area contributed by atoms with Crippen molar-refractivity contribution in [1.29, 1.82) is 0 Å². The summed E-state index contributed by atoms with van der Waals surface area (Å²) in [6.45, 7) is 3.04. The Morgan fingerprint density at radius 3 is 2.33 bits per heavy atom. The normalized spacial score (nSPS) is 11.1. The fourth-order valence-corrected chi connectivity index (χ4v) is 3.22. The van der Waals surface area contributed by atoms with Crippen LogP contribution in [-0.2, 0) is 19.6 Å². The maximum absolute atomic E-state index is 13.0. The molecule has 0 spiro atoms. The van der Waals surface area contributed by atoms with E-state index in [1.165, 1.54) is 24.3 Å². The summed E-state index contributed by atoms with van der Waals surface area (Å²) in [7, 11) is -4.04. The standard InChI is InChI=1S/C18H19FN2O5S/c1-12(2)20-17(22)11-26-18(23)15-5-3-4-6-16(15)21-27(24,25)14-9-7-13(19)8-10-14/h3-10,12,21H,11H2,1-2H3,(H,20,22). The number of ether oxygens (including phenoxy) is 1. The second-order valence-corrected chi connectivity index (χ2v) is 7.59. The molecule has 2 N–H and O–H groups in total. The van der Waals surface area contributed by atoms with Crippen molar-refractivity contribution in [3.05, 3.63) is 59.9 Å². The van der Waals surface area contributed by atoms with Crippen molar-refractivity contribution in [3.63, 3.8) is 0 Å². The third-order valence-electron chi connectivity index (χ3n) is 3.30. The van der Waals surface area contributed by atoms with Gasteiger partial charge in [-0.2, -0.15) is 0 Å². The molecular weight excluding hydrogens is 375 g/mol. The summed E-state index contributed by atoms with van der Waals surface area (Å²) in [6.07, 6.45) is 0. The fraction of sp³-hybridized carbons (Fsp3) is 0.222. The number of carbonyl (C=O) groups is 2. The Balaban J connectivity index is 2.16. The molecule has 0 heterocycles. The smallest absolute Gasteiger partial charge is 0.340 e. The van der Waals surface area contributed by atoms with Gasteiger partial charge in [-0.15, -0.1) is 0 Å². The van der Waals surface area contributed by atoms with Crippen molar-refractivity contribution in [3.8, 4) is 0 Å². The number of halogens is 1. The number of para-hydroxylation sites is 1. The van der Waals surface area contributed by atoms with Crippen LogP contribution in [0.5, 0.6) is 0 Å². The third kappa shape index (κ3) is 5.78. The number of hydrogen-bond donors (Lipinski definition) is 2. The van der Waals surface area contributed by atoms with Crippen molar-refractivity contribution in [1.82, 2.24) is 5.32 Å². The third-order valence-corrected chi connectivity index (χ3v) is 4.68. The monoisotopic (exact) mass is 394 g/mol. The van der Waals surface area contributed by atoms with E-state index in [9.17, 15) is 22.4 Å². The van der Waals surface area contributed by atoms with Gasteiger partial charge >= 0.3 is 5.97 Å². The lowest BCUT2D eigenvalue weighted by atomic mass is 10.2. The molecule has 7 nitrogen and oxygen atoms in total. The molecule has 0 atom stereocenters. The first-order valence-corrected chi connectivity index (χ1v) is 9.51. The number of benzene rings is 2. The van der Waals surface area contributed by atoms with Crippen molar-refractivity contribution < 1.29 is 27.1 Å². The molecule has 0 saturated heterocycles. The van der Waals surface area contributed by atoms with Gasteiger partial charge in [-0.1, -0.05) is 12.1 Å². The van der Waals surface area contributed by atoms with Crippen LogP contribution in [0.25, 0.3) is 0 Å². The predicted octanol–water partition coefficient (Wildman–Crippen LogP) is 2.31. The number of anilines is 1. The van der Waals surface area contributed by atoms with Crippen LogP contribution in [0.15, 0.2) is 53.4 Å². The minimum Gasteiger partial charge on any atom is -0.452 e. The molecule has 27 heavy (non-hydrogen) atoms. The van der Waals surface area contributed by atoms with Gasteiger partial charge in [-0.3, -0.25) is 9.52 Å². The Labute approximate surface area is 156 Å². The van der Waals surface area contributed by atoms with E-state index in [1.807, 2.05) is 0 Å². The lowest BCUT2D eigenvalue weighted by molar-refractivity contribution is -0.124. The molecule has 2 aromatic rings. The molecule has 1 amide bonds. The van der Waals surface area contributed by atoms with Crippen LogP contribution < -0.4 is 10.0 Å². The van der Waals surface area contributed by atoms with E-state index >= 15 is 0 Å². The predicted molar refractivity (Wildman–Crippen MR) is 97.2 cm³/mol. The topological polar surface area (TPSA) is 102 Å². The van der Waals surface area contributed by atoms with Crippen LogP contribution in [0, 0.1) is 5.82 Å². The van der Waals surface area contributed by atoms with E-state index in [1.54, 1.807) is 13.8 Å². The molecule has 2 aromatic carbocycles. The number of nitrogens with one attached hydrogen (secondary N) is 2. The average molecular weight is 394 g/mol. The van der Waals surface area contributed by atoms with Gasteiger partial charge in [0.2, 0.25) is 0 Å². The molecule has 0 aromatic heterocycles. The van der Waals surface area contributed by atoms with Gasteiger partial charge in [0, 0.05) is 6.04 Å². The first-order chi connectivity index (χ1) is 12.7. The molecule has 0 unspecified atom stereocenters. The molecule has 2 rings (SSSR count). The van der Waals surface area contributed by atoms with Gasteiger partial charge < -0.3 is 10.1 Å². The number of sulfonamides is 1. The molecular formula is C18H19FN2O5S. The minimum atomic E-state index is -4.04. The van der Waals surface area contributed by atoms with Gasteiger partial charge in [-0.05, 0) is 50.2 Å². The maximum atomic E-state index is 13.0. The highest BCUT2D eigenvalue weighted by Crippen LogP contribution is 2.21. The minimum absolute atomic E-state index is 0.0175. The number of amides is 1. The molecule has 144 valence electrons. The Hall–Kier alpha value is -2.94. The van der Waals surface area contributed by atoms with Gasteiger partial charge in [0.25, 0.3) is 15.9 Å². The van der Waals surface area contributed by atoms with Crippen LogP contribution >= 0.6 is 0 Å². The van der Waals surface area contributed by atoms with Gasteiger partial charge in [0.15, 0.2) is 6.61 Å². The maximum Gasteiger partial charge on any atom is 0.340 e. The first-order valence-electron chi connectivity index (χ1n) is 8.03. The molecule has 0 saturated carbocycles. The van der Waals surface area contributed by atoms with Crippen LogP contribution in [0.2, 0.25) is 0 Å². The van der Waals surface area contributed by atoms with Crippen molar-refractivity contribution in [2.24, 2.45) is 0 Å². The Bertz CT molecular complexity index is 927. The molecule has 0 aliphatic heterocycles. The second-order valence-electron chi connectivity index (χ2n) is 5.90. The SMILES string of the molecule is CC(C)NC(=O)COC(=O)c1ccccc1NS(=O)(=O)c1ccc(F)cc1. The molecule has 0 bridgehead atoms. The Morgan fingerprint density at radius 2 is 1.70 bits per heavy atom. The number of esters is 1. The highest BCUT2D eigenvalue weighted by Gasteiger charge is 2.20. The van der Waals surface area contributed by atoms with E-state index in [-0.39, 0.29) is 22.2 Å². The van der Waals surface area contributed by atoms with Crippen molar-refractivity contribution >= 4 is 27.6 Å². The first kappa shape index (κ1) is 20.4. The van der Waals surface area contributed by atoms with Crippen molar-refractivity contribution in [2.75, 3.05) is 11.3 Å². The zero-order valence-electron chi connectivity index (χ0n) is 14.7. The number of carbonyl (C=O) groups excluding carboxylic acids is 2. The van der Waals surface area contributed by atoms with E-state index in [2.05, 4.69) is 10.0 Å². The molecule has 0 fully saturated rings. The largest absolute Gasteiger partial charge is 0.452 e. The molecule has 0 radical (unpaired) electrons. The fourth-order valence-electron chi connectivity index (χ4n) is 2.14. The molecule has 9 heteroatoms. The summed E-state index contributed by atoms with van der Waals surface area (Å²) in [6, 6.07) is 9.95. The lowest BCUT2D eigenvalue weighted by Gasteiger charge is -2.13. The summed E-state index contributed by atoms with van der Waals surface area (Å²) in [4.78, 5) is 23.7. The van der Waals surface area contributed by atoms with Gasteiger partial charge in [0.05, 0.1) is 16.1 Å². The van der Waals surface area contributed by atoms with E-state index in [0.29, 0.717) is 0 Å². The zero-order chi connectivity index (χ0) is 20.0. The van der Waals surface area contributed by atoms with Crippen LogP contribution in [-0.4, -0.2) is 32.9 Å². The summed E-state index contributed by atoms with van der Waals surface area (Å²) in [5, 5.41) is 2.57. The Morgan fingerprint density at radius 1 is 1.07 bits per heavy atom. The second kappa shape index (κ2) is 8.63. The van der Waals surface area contributed by atoms with E-state index in [0.717, 1.165) is 24.3 Å². The highest BCUT2D eigenvalue weighted by molar-refractivity contribution is 7.92. The summed E-state index contributed by atoms with van der Waals surface area (Å²) >= 11 is 0. The lowest BCUT2D eigenvalue weighted by Crippen LogP contribution is -2.34. The van der Waals surface area contributed by atoms with Crippen LogP contribution in [0.1, 0.15) is 24.2 Å². The Kier molecular flexibility index (Phi) is 6.51.